The van der Waals surface area contributed by atoms with Crippen LogP contribution in [0.5, 0.6) is 0 Å². The molecule has 2 aliphatic rings. The number of rotatable bonds is 0. The molecule has 1 atom stereocenters. The van der Waals surface area contributed by atoms with Crippen molar-refractivity contribution in [2.24, 2.45) is 4.99 Å². The summed E-state index contributed by atoms with van der Waals surface area (Å²) in [6, 6.07) is -0.164. The van der Waals surface area contributed by atoms with E-state index in [1.807, 2.05) is 18.7 Å². The van der Waals surface area contributed by atoms with Gasteiger partial charge in [-0.1, -0.05) is 11.6 Å². The molecule has 0 aromatic carbocycles. The quantitative estimate of drug-likeness (QED) is 0.798. The van der Waals surface area contributed by atoms with E-state index in [0.29, 0.717) is 12.5 Å². The Kier molecular flexibility index (Phi) is 3.10. The molecule has 0 spiro atoms. The molecule has 0 saturated carbocycles. The molecule has 1 aromatic heterocycles. The average molecular weight is 292 g/mol. The molecule has 3 rings (SSSR count). The average Bonchev–Trinajstić information content (AvgIpc) is 2.66. The first-order chi connectivity index (χ1) is 7.58. The van der Waals surface area contributed by atoms with Crippen molar-refractivity contribution in [1.82, 2.24) is 10.2 Å². The van der Waals surface area contributed by atoms with E-state index in [0.717, 1.165) is 20.5 Å². The molecular formula is C10H11Cl2N3OS. The largest absolute Gasteiger partial charge is 0.326 e. The van der Waals surface area contributed by atoms with Gasteiger partial charge in [-0.15, -0.1) is 23.7 Å². The monoisotopic (exact) mass is 291 g/mol. The van der Waals surface area contributed by atoms with Gasteiger partial charge in [0.1, 0.15) is 11.0 Å². The van der Waals surface area contributed by atoms with Gasteiger partial charge in [0.2, 0.25) is 11.9 Å². The van der Waals surface area contributed by atoms with Crippen LogP contribution in [-0.4, -0.2) is 22.8 Å². The number of fused-ring (bicyclic) bond motifs is 2. The van der Waals surface area contributed by atoms with E-state index >= 15 is 0 Å². The number of aliphatic imine (C=N–C) groups is 1. The molecule has 1 N–H and O–H groups in total. The van der Waals surface area contributed by atoms with E-state index < -0.39 is 0 Å². The fourth-order valence-corrected chi connectivity index (χ4v) is 3.21. The fraction of sp³-hybridized carbons (Fsp3) is 0.400. The number of nitrogens with zero attached hydrogens (tertiary/aromatic N) is 2. The standard InChI is InChI=1S/C10H10ClN3OS.ClH/c1-4-8(15)12-10-13-9-6(3-14(4)10)7(11)5(2)16-9;/h4H,3H2,1-2H3,(H,12,13,15);1H. The van der Waals surface area contributed by atoms with Crippen LogP contribution in [0.15, 0.2) is 4.99 Å². The lowest BCUT2D eigenvalue weighted by molar-refractivity contribution is -0.121. The summed E-state index contributed by atoms with van der Waals surface area (Å²) in [4.78, 5) is 19.0. The lowest BCUT2D eigenvalue weighted by Crippen LogP contribution is -2.35. The highest BCUT2D eigenvalue weighted by molar-refractivity contribution is 7.16. The summed E-state index contributed by atoms with van der Waals surface area (Å²) in [6.07, 6.45) is 0. The molecular weight excluding hydrogens is 281 g/mol. The lowest BCUT2D eigenvalue weighted by Gasteiger charge is -2.24. The first-order valence-electron chi connectivity index (χ1n) is 5.02. The molecule has 17 heavy (non-hydrogen) atoms. The molecule has 7 heteroatoms. The molecule has 2 aliphatic heterocycles. The number of carbonyl (C=O) groups is 1. The van der Waals surface area contributed by atoms with E-state index in [4.69, 9.17) is 11.6 Å². The van der Waals surface area contributed by atoms with E-state index in [1.165, 1.54) is 0 Å². The number of thiophene rings is 1. The first kappa shape index (κ1) is 12.7. The minimum Gasteiger partial charge on any atom is -0.326 e. The third kappa shape index (κ3) is 1.73. The number of halogens is 2. The molecule has 1 saturated heterocycles. The minimum atomic E-state index is -0.164. The second kappa shape index (κ2) is 4.15. The first-order valence-corrected chi connectivity index (χ1v) is 6.21. The maximum absolute atomic E-state index is 11.5. The number of amides is 1. The van der Waals surface area contributed by atoms with Crippen molar-refractivity contribution in [2.75, 3.05) is 0 Å². The Labute approximate surface area is 114 Å². The van der Waals surface area contributed by atoms with Crippen molar-refractivity contribution in [3.63, 3.8) is 0 Å². The van der Waals surface area contributed by atoms with E-state index in [1.54, 1.807) is 11.3 Å². The molecule has 0 aliphatic carbocycles. The topological polar surface area (TPSA) is 44.7 Å². The van der Waals surface area contributed by atoms with E-state index in [2.05, 4.69) is 10.3 Å². The van der Waals surface area contributed by atoms with Crippen molar-refractivity contribution in [3.8, 4) is 0 Å². The number of aryl methyl sites for hydroxylation is 1. The van der Waals surface area contributed by atoms with Crippen molar-refractivity contribution >= 4 is 52.2 Å². The van der Waals surface area contributed by atoms with Crippen LogP contribution in [0.4, 0.5) is 5.00 Å². The summed E-state index contributed by atoms with van der Waals surface area (Å²) in [5.41, 5.74) is 1.04. The summed E-state index contributed by atoms with van der Waals surface area (Å²) < 4.78 is 0. The smallest absolute Gasteiger partial charge is 0.249 e. The summed E-state index contributed by atoms with van der Waals surface area (Å²) >= 11 is 7.78. The highest BCUT2D eigenvalue weighted by Crippen LogP contribution is 2.42. The Morgan fingerprint density at radius 3 is 3.00 bits per heavy atom. The second-order valence-corrected chi connectivity index (χ2v) is 5.57. The summed E-state index contributed by atoms with van der Waals surface area (Å²) in [5, 5.41) is 4.48. The number of guanidine groups is 1. The molecule has 1 unspecified atom stereocenters. The fourth-order valence-electron chi connectivity index (χ4n) is 1.97. The maximum Gasteiger partial charge on any atom is 0.249 e. The van der Waals surface area contributed by atoms with Crippen LogP contribution in [0, 0.1) is 6.92 Å². The third-order valence-corrected chi connectivity index (χ3v) is 4.64. The van der Waals surface area contributed by atoms with Crippen molar-refractivity contribution in [1.29, 1.82) is 0 Å². The molecule has 0 radical (unpaired) electrons. The van der Waals surface area contributed by atoms with Crippen LogP contribution in [0.1, 0.15) is 17.4 Å². The van der Waals surface area contributed by atoms with Crippen LogP contribution in [0.25, 0.3) is 0 Å². The Hall–Kier alpha value is -0.780. The van der Waals surface area contributed by atoms with Crippen LogP contribution in [-0.2, 0) is 11.3 Å². The molecule has 1 fully saturated rings. The maximum atomic E-state index is 11.5. The van der Waals surface area contributed by atoms with Gasteiger partial charge in [-0.3, -0.25) is 10.1 Å². The summed E-state index contributed by atoms with van der Waals surface area (Å²) in [6.45, 7) is 4.52. The van der Waals surface area contributed by atoms with Gasteiger partial charge in [0.25, 0.3) is 0 Å². The number of nitrogens with one attached hydrogen (secondary N) is 1. The molecule has 1 amide bonds. The highest BCUT2D eigenvalue weighted by Gasteiger charge is 2.37. The number of carbonyl (C=O) groups excluding carboxylic acids is 1. The van der Waals surface area contributed by atoms with Crippen molar-refractivity contribution in [3.05, 3.63) is 15.5 Å². The van der Waals surface area contributed by atoms with Gasteiger partial charge in [-0.25, -0.2) is 4.99 Å². The zero-order valence-corrected chi connectivity index (χ0v) is 11.7. The van der Waals surface area contributed by atoms with Gasteiger partial charge in [0, 0.05) is 10.4 Å². The molecule has 4 nitrogen and oxygen atoms in total. The second-order valence-electron chi connectivity index (χ2n) is 3.98. The Bertz CT molecular complexity index is 526. The predicted octanol–water partition coefficient (Wildman–Crippen LogP) is 2.45. The van der Waals surface area contributed by atoms with Gasteiger partial charge in [-0.05, 0) is 13.8 Å². The van der Waals surface area contributed by atoms with Crippen molar-refractivity contribution in [2.45, 2.75) is 26.4 Å². The predicted molar refractivity (Wildman–Crippen MR) is 71.6 cm³/mol. The SMILES string of the molecule is Cc1sc2c(c1Cl)CN1C(=N2)NC(=O)C1C.Cl. The van der Waals surface area contributed by atoms with Gasteiger partial charge < -0.3 is 4.90 Å². The summed E-state index contributed by atoms with van der Waals surface area (Å²) in [5.74, 6) is 0.657. The van der Waals surface area contributed by atoms with Gasteiger partial charge >= 0.3 is 0 Å². The highest BCUT2D eigenvalue weighted by atomic mass is 35.5. The Morgan fingerprint density at radius 1 is 1.59 bits per heavy atom. The van der Waals surface area contributed by atoms with Gasteiger partial charge in [0.15, 0.2) is 0 Å². The van der Waals surface area contributed by atoms with Gasteiger partial charge in [0.05, 0.1) is 11.6 Å². The third-order valence-electron chi connectivity index (χ3n) is 2.97. The minimum absolute atomic E-state index is 0. The normalized spacial score (nSPS) is 21.4. The van der Waals surface area contributed by atoms with Crippen LogP contribution in [0.3, 0.4) is 0 Å². The van der Waals surface area contributed by atoms with Gasteiger partial charge in [-0.2, -0.15) is 0 Å². The molecule has 3 heterocycles. The Morgan fingerprint density at radius 2 is 2.29 bits per heavy atom. The summed E-state index contributed by atoms with van der Waals surface area (Å²) in [7, 11) is 0. The number of hydrogen-bond acceptors (Lipinski definition) is 4. The molecule has 1 aromatic rings. The lowest BCUT2D eigenvalue weighted by atomic mass is 10.2. The van der Waals surface area contributed by atoms with Crippen LogP contribution in [0.2, 0.25) is 5.02 Å². The van der Waals surface area contributed by atoms with Crippen LogP contribution >= 0.6 is 35.3 Å². The number of hydrogen-bond donors (Lipinski definition) is 1. The van der Waals surface area contributed by atoms with Crippen LogP contribution < -0.4 is 5.32 Å². The Balaban J connectivity index is 0.00000108. The molecule has 0 bridgehead atoms. The van der Waals surface area contributed by atoms with E-state index in [9.17, 15) is 4.79 Å². The molecule has 92 valence electrons. The zero-order chi connectivity index (χ0) is 11.4. The zero-order valence-electron chi connectivity index (χ0n) is 9.28. The van der Waals surface area contributed by atoms with Crippen molar-refractivity contribution < 1.29 is 4.79 Å². The van der Waals surface area contributed by atoms with E-state index in [-0.39, 0.29) is 24.4 Å².